The maximum absolute atomic E-state index is 12.4. The van der Waals surface area contributed by atoms with E-state index in [2.05, 4.69) is 20.6 Å². The normalized spacial score (nSPS) is 16.5. The van der Waals surface area contributed by atoms with Crippen molar-refractivity contribution in [3.8, 4) is 5.88 Å². The minimum absolute atomic E-state index is 0.130. The Bertz CT molecular complexity index is 905. The molecule has 1 fully saturated rings. The van der Waals surface area contributed by atoms with E-state index in [9.17, 15) is 4.79 Å². The molecule has 0 radical (unpaired) electrons. The molecule has 6 nitrogen and oxygen atoms in total. The average Bonchev–Trinajstić information content (AvgIpc) is 3.20. The summed E-state index contributed by atoms with van der Waals surface area (Å²) < 4.78 is 5.80. The van der Waals surface area contributed by atoms with E-state index >= 15 is 0 Å². The fourth-order valence-electron chi connectivity index (χ4n) is 2.98. The molecule has 0 spiro atoms. The standard InChI is InChI=1S/C20H20N4O2/c25-20(16-5-4-15-2-1-8-22-18(15)10-16)24-12-14-3-6-19(23-11-14)26-17-7-9-21-13-17/h1-6,8,10-11,17,21H,7,9,12-13H2,(H,24,25). The van der Waals surface area contributed by atoms with Crippen LogP contribution in [-0.4, -0.2) is 35.1 Å². The lowest BCUT2D eigenvalue weighted by Gasteiger charge is -2.11. The summed E-state index contributed by atoms with van der Waals surface area (Å²) >= 11 is 0. The third kappa shape index (κ3) is 3.81. The molecule has 132 valence electrons. The molecule has 1 unspecified atom stereocenters. The van der Waals surface area contributed by atoms with Crippen molar-refractivity contribution in [2.75, 3.05) is 13.1 Å². The molecule has 3 heterocycles. The number of pyridine rings is 2. The summed E-state index contributed by atoms with van der Waals surface area (Å²) in [6.45, 7) is 2.26. The second-order valence-electron chi connectivity index (χ2n) is 6.33. The molecule has 4 rings (SSSR count). The summed E-state index contributed by atoms with van der Waals surface area (Å²) in [4.78, 5) is 21.0. The Morgan fingerprint density at radius 3 is 3.00 bits per heavy atom. The van der Waals surface area contributed by atoms with Crippen LogP contribution < -0.4 is 15.4 Å². The van der Waals surface area contributed by atoms with Gasteiger partial charge < -0.3 is 15.4 Å². The molecule has 1 amide bonds. The molecule has 0 saturated carbocycles. The van der Waals surface area contributed by atoms with Crippen LogP contribution in [0.2, 0.25) is 0 Å². The highest BCUT2D eigenvalue weighted by Gasteiger charge is 2.16. The molecular formula is C20H20N4O2. The molecule has 1 aromatic carbocycles. The molecule has 1 aliphatic heterocycles. The first-order valence-electron chi connectivity index (χ1n) is 8.73. The van der Waals surface area contributed by atoms with Crippen molar-refractivity contribution < 1.29 is 9.53 Å². The molecule has 1 atom stereocenters. The highest BCUT2D eigenvalue weighted by Crippen LogP contribution is 2.14. The van der Waals surface area contributed by atoms with E-state index in [0.29, 0.717) is 18.0 Å². The minimum atomic E-state index is -0.130. The van der Waals surface area contributed by atoms with Crippen LogP contribution in [0, 0.1) is 0 Å². The Balaban J connectivity index is 1.35. The average molecular weight is 348 g/mol. The molecule has 1 saturated heterocycles. The molecule has 26 heavy (non-hydrogen) atoms. The van der Waals surface area contributed by atoms with Gasteiger partial charge in [0.2, 0.25) is 5.88 Å². The second-order valence-corrected chi connectivity index (χ2v) is 6.33. The predicted octanol–water partition coefficient (Wildman–Crippen LogP) is 2.30. The lowest BCUT2D eigenvalue weighted by Crippen LogP contribution is -2.23. The van der Waals surface area contributed by atoms with Gasteiger partial charge in [-0.2, -0.15) is 0 Å². The van der Waals surface area contributed by atoms with Gasteiger partial charge in [-0.1, -0.05) is 18.2 Å². The number of carbonyl (C=O) groups is 1. The van der Waals surface area contributed by atoms with E-state index in [4.69, 9.17) is 4.74 Å². The van der Waals surface area contributed by atoms with Crippen LogP contribution in [-0.2, 0) is 6.54 Å². The first-order valence-corrected chi connectivity index (χ1v) is 8.73. The molecule has 2 aromatic heterocycles. The Kier molecular flexibility index (Phi) is 4.75. The van der Waals surface area contributed by atoms with Gasteiger partial charge in [0.25, 0.3) is 5.91 Å². The van der Waals surface area contributed by atoms with E-state index in [1.807, 2.05) is 36.4 Å². The van der Waals surface area contributed by atoms with E-state index in [1.54, 1.807) is 18.5 Å². The number of fused-ring (bicyclic) bond motifs is 1. The van der Waals surface area contributed by atoms with Crippen LogP contribution in [0.1, 0.15) is 22.3 Å². The highest BCUT2D eigenvalue weighted by molar-refractivity contribution is 5.97. The largest absolute Gasteiger partial charge is 0.473 e. The van der Waals surface area contributed by atoms with Crippen molar-refractivity contribution in [3.05, 3.63) is 66.0 Å². The number of amides is 1. The first-order chi connectivity index (χ1) is 12.8. The topological polar surface area (TPSA) is 76.1 Å². The van der Waals surface area contributed by atoms with Gasteiger partial charge >= 0.3 is 0 Å². The van der Waals surface area contributed by atoms with E-state index in [1.165, 1.54) is 0 Å². The van der Waals surface area contributed by atoms with Crippen LogP contribution in [0.5, 0.6) is 5.88 Å². The van der Waals surface area contributed by atoms with Crippen molar-refractivity contribution in [2.45, 2.75) is 19.1 Å². The lowest BCUT2D eigenvalue weighted by molar-refractivity contribution is 0.0951. The highest BCUT2D eigenvalue weighted by atomic mass is 16.5. The number of hydrogen-bond acceptors (Lipinski definition) is 5. The van der Waals surface area contributed by atoms with Gasteiger partial charge in [0.05, 0.1) is 5.52 Å². The number of ether oxygens (including phenoxy) is 1. The van der Waals surface area contributed by atoms with E-state index in [0.717, 1.165) is 36.0 Å². The van der Waals surface area contributed by atoms with Crippen LogP contribution in [0.15, 0.2) is 54.9 Å². The van der Waals surface area contributed by atoms with Gasteiger partial charge in [0.1, 0.15) is 6.10 Å². The second kappa shape index (κ2) is 7.49. The molecule has 2 N–H and O–H groups in total. The Labute approximate surface area is 151 Å². The molecule has 0 aliphatic carbocycles. The number of benzene rings is 1. The summed E-state index contributed by atoms with van der Waals surface area (Å²) in [6, 6.07) is 13.1. The van der Waals surface area contributed by atoms with Crippen molar-refractivity contribution >= 4 is 16.8 Å². The molecular weight excluding hydrogens is 328 g/mol. The first kappa shape index (κ1) is 16.5. The Morgan fingerprint density at radius 1 is 1.23 bits per heavy atom. The summed E-state index contributed by atoms with van der Waals surface area (Å²) in [7, 11) is 0. The summed E-state index contributed by atoms with van der Waals surface area (Å²) in [6.07, 6.45) is 4.65. The van der Waals surface area contributed by atoms with Crippen molar-refractivity contribution in [3.63, 3.8) is 0 Å². The molecule has 0 bridgehead atoms. The maximum Gasteiger partial charge on any atom is 0.251 e. The van der Waals surface area contributed by atoms with Gasteiger partial charge in [-0.25, -0.2) is 4.98 Å². The number of rotatable bonds is 5. The number of nitrogens with zero attached hydrogens (tertiary/aromatic N) is 2. The van der Waals surface area contributed by atoms with Gasteiger partial charge in [0.15, 0.2) is 0 Å². The number of nitrogens with one attached hydrogen (secondary N) is 2. The van der Waals surface area contributed by atoms with E-state index in [-0.39, 0.29) is 12.0 Å². The van der Waals surface area contributed by atoms with Crippen LogP contribution in [0.4, 0.5) is 0 Å². The zero-order chi connectivity index (χ0) is 17.8. The zero-order valence-corrected chi connectivity index (χ0v) is 14.3. The van der Waals surface area contributed by atoms with Crippen LogP contribution in [0.25, 0.3) is 10.9 Å². The SMILES string of the molecule is O=C(NCc1ccc(OC2CCNC2)nc1)c1ccc2cccnc2c1. The quantitative estimate of drug-likeness (QED) is 0.740. The third-order valence-electron chi connectivity index (χ3n) is 4.42. The smallest absolute Gasteiger partial charge is 0.251 e. The van der Waals surface area contributed by atoms with Crippen molar-refractivity contribution in [1.29, 1.82) is 0 Å². The number of carbonyl (C=O) groups excluding carboxylic acids is 1. The van der Waals surface area contributed by atoms with Crippen molar-refractivity contribution in [2.24, 2.45) is 0 Å². The van der Waals surface area contributed by atoms with E-state index < -0.39 is 0 Å². The van der Waals surface area contributed by atoms with Gasteiger partial charge in [0, 0.05) is 42.5 Å². The van der Waals surface area contributed by atoms with Crippen LogP contribution >= 0.6 is 0 Å². The van der Waals surface area contributed by atoms with Gasteiger partial charge in [-0.05, 0) is 36.7 Å². The summed E-state index contributed by atoms with van der Waals surface area (Å²) in [5.41, 5.74) is 2.33. The Hall–Kier alpha value is -2.99. The van der Waals surface area contributed by atoms with Crippen LogP contribution in [0.3, 0.4) is 0 Å². The fourth-order valence-corrected chi connectivity index (χ4v) is 2.98. The molecule has 3 aromatic rings. The maximum atomic E-state index is 12.4. The number of hydrogen-bond donors (Lipinski definition) is 2. The minimum Gasteiger partial charge on any atom is -0.473 e. The predicted molar refractivity (Wildman–Crippen MR) is 99.1 cm³/mol. The molecule has 1 aliphatic rings. The van der Waals surface area contributed by atoms with Crippen molar-refractivity contribution in [1.82, 2.24) is 20.6 Å². The van der Waals surface area contributed by atoms with Gasteiger partial charge in [-0.3, -0.25) is 9.78 Å². The fraction of sp³-hybridized carbons (Fsp3) is 0.250. The Morgan fingerprint density at radius 2 is 2.19 bits per heavy atom. The van der Waals surface area contributed by atoms with Gasteiger partial charge in [-0.15, -0.1) is 0 Å². The summed E-state index contributed by atoms with van der Waals surface area (Å²) in [5.74, 6) is 0.490. The lowest BCUT2D eigenvalue weighted by atomic mass is 10.1. The summed E-state index contributed by atoms with van der Waals surface area (Å²) in [5, 5.41) is 7.19. The molecule has 6 heteroatoms. The monoisotopic (exact) mass is 348 g/mol. The third-order valence-corrected chi connectivity index (χ3v) is 4.42. The number of aromatic nitrogens is 2. The zero-order valence-electron chi connectivity index (χ0n) is 14.3.